The van der Waals surface area contributed by atoms with Crippen LogP contribution in [0.2, 0.25) is 0 Å². The SMILES string of the molecule is CC1Cc2cc(/C=C(\C#N)C(=O)NCc3cccnc3)ccc2O1. The minimum absolute atomic E-state index is 0.0748. The highest BCUT2D eigenvalue weighted by Crippen LogP contribution is 2.29. The van der Waals surface area contributed by atoms with E-state index in [-0.39, 0.29) is 11.7 Å². The summed E-state index contributed by atoms with van der Waals surface area (Å²) in [6, 6.07) is 11.3. The number of benzene rings is 1. The largest absolute Gasteiger partial charge is 0.490 e. The second-order valence-electron chi connectivity index (χ2n) is 5.71. The Morgan fingerprint density at radius 1 is 1.50 bits per heavy atom. The second kappa shape index (κ2) is 6.97. The predicted octanol–water partition coefficient (Wildman–Crippen LogP) is 2.63. The van der Waals surface area contributed by atoms with E-state index in [1.165, 1.54) is 0 Å². The minimum atomic E-state index is -0.397. The van der Waals surface area contributed by atoms with E-state index in [0.717, 1.165) is 28.9 Å². The van der Waals surface area contributed by atoms with Crippen LogP contribution in [0.15, 0.2) is 48.3 Å². The van der Waals surface area contributed by atoms with Crippen molar-refractivity contribution in [1.82, 2.24) is 10.3 Å². The number of aromatic nitrogens is 1. The van der Waals surface area contributed by atoms with E-state index >= 15 is 0 Å². The van der Waals surface area contributed by atoms with Gasteiger partial charge in [-0.15, -0.1) is 0 Å². The highest BCUT2D eigenvalue weighted by molar-refractivity contribution is 6.01. The first-order valence-electron chi connectivity index (χ1n) is 7.74. The number of nitrogens with zero attached hydrogens (tertiary/aromatic N) is 2. The summed E-state index contributed by atoms with van der Waals surface area (Å²) < 4.78 is 5.66. The lowest BCUT2D eigenvalue weighted by Crippen LogP contribution is -2.24. The number of fused-ring (bicyclic) bond motifs is 1. The molecule has 5 heteroatoms. The lowest BCUT2D eigenvalue weighted by atomic mass is 10.0. The highest BCUT2D eigenvalue weighted by atomic mass is 16.5. The Morgan fingerprint density at radius 3 is 3.12 bits per heavy atom. The van der Waals surface area contributed by atoms with Gasteiger partial charge in [0.2, 0.25) is 0 Å². The molecule has 120 valence electrons. The summed E-state index contributed by atoms with van der Waals surface area (Å²) in [7, 11) is 0. The minimum Gasteiger partial charge on any atom is -0.490 e. The van der Waals surface area contributed by atoms with Gasteiger partial charge in [0, 0.05) is 25.4 Å². The number of ether oxygens (including phenoxy) is 1. The molecular weight excluding hydrogens is 302 g/mol. The molecule has 1 N–H and O–H groups in total. The zero-order valence-electron chi connectivity index (χ0n) is 13.3. The first-order chi connectivity index (χ1) is 11.7. The molecule has 24 heavy (non-hydrogen) atoms. The lowest BCUT2D eigenvalue weighted by molar-refractivity contribution is -0.117. The van der Waals surface area contributed by atoms with Crippen LogP contribution in [-0.2, 0) is 17.8 Å². The van der Waals surface area contributed by atoms with E-state index in [9.17, 15) is 10.1 Å². The van der Waals surface area contributed by atoms with Crippen molar-refractivity contribution in [3.05, 3.63) is 65.0 Å². The Kier molecular flexibility index (Phi) is 4.57. The van der Waals surface area contributed by atoms with Gasteiger partial charge in [0.25, 0.3) is 5.91 Å². The normalized spacial score (nSPS) is 16.0. The fourth-order valence-electron chi connectivity index (χ4n) is 2.63. The van der Waals surface area contributed by atoms with Crippen LogP contribution in [0.1, 0.15) is 23.6 Å². The smallest absolute Gasteiger partial charge is 0.262 e. The van der Waals surface area contributed by atoms with Gasteiger partial charge in [-0.25, -0.2) is 0 Å². The number of nitrogens with one attached hydrogen (secondary N) is 1. The number of hydrogen-bond acceptors (Lipinski definition) is 4. The van der Waals surface area contributed by atoms with E-state index in [0.29, 0.717) is 6.54 Å². The van der Waals surface area contributed by atoms with Gasteiger partial charge in [-0.3, -0.25) is 9.78 Å². The number of nitriles is 1. The van der Waals surface area contributed by atoms with Gasteiger partial charge in [-0.05, 0) is 47.9 Å². The molecule has 5 nitrogen and oxygen atoms in total. The number of rotatable bonds is 4. The van der Waals surface area contributed by atoms with Crippen molar-refractivity contribution in [3.8, 4) is 11.8 Å². The molecule has 1 aromatic heterocycles. The van der Waals surface area contributed by atoms with Gasteiger partial charge in [0.1, 0.15) is 23.5 Å². The molecule has 1 aliphatic heterocycles. The molecule has 1 unspecified atom stereocenters. The molecule has 1 aromatic carbocycles. The molecule has 1 aliphatic rings. The summed E-state index contributed by atoms with van der Waals surface area (Å²) in [6.45, 7) is 2.35. The third-order valence-electron chi connectivity index (χ3n) is 3.77. The van der Waals surface area contributed by atoms with Gasteiger partial charge < -0.3 is 10.1 Å². The first-order valence-corrected chi connectivity index (χ1v) is 7.74. The number of carbonyl (C=O) groups excluding carboxylic acids is 1. The summed E-state index contributed by atoms with van der Waals surface area (Å²) in [5.74, 6) is 0.477. The van der Waals surface area contributed by atoms with Crippen LogP contribution in [0.3, 0.4) is 0 Å². The van der Waals surface area contributed by atoms with Crippen LogP contribution in [0, 0.1) is 11.3 Å². The summed E-state index contributed by atoms with van der Waals surface area (Å²) in [5.41, 5.74) is 2.88. The fourth-order valence-corrected chi connectivity index (χ4v) is 2.63. The van der Waals surface area contributed by atoms with E-state index < -0.39 is 5.91 Å². The standard InChI is InChI=1S/C19H17N3O2/c1-13-7-16-8-14(4-5-18(16)24-13)9-17(10-20)19(23)22-12-15-3-2-6-21-11-15/h2-6,8-9,11,13H,7,12H2,1H3,(H,22,23)/b17-9+. The predicted molar refractivity (Wildman–Crippen MR) is 89.9 cm³/mol. The maximum Gasteiger partial charge on any atom is 0.262 e. The molecule has 0 radical (unpaired) electrons. The van der Waals surface area contributed by atoms with E-state index in [1.807, 2.05) is 37.3 Å². The van der Waals surface area contributed by atoms with Gasteiger partial charge in [-0.2, -0.15) is 5.26 Å². The molecule has 2 aromatic rings. The number of hydrogen-bond donors (Lipinski definition) is 1. The Labute approximate surface area is 140 Å². The molecule has 0 spiro atoms. The van der Waals surface area contributed by atoms with Crippen molar-refractivity contribution in [1.29, 1.82) is 5.26 Å². The summed E-state index contributed by atoms with van der Waals surface area (Å²) in [6.07, 6.45) is 5.95. The molecule has 3 rings (SSSR count). The average Bonchev–Trinajstić information content (AvgIpc) is 2.97. The van der Waals surface area contributed by atoms with Crippen LogP contribution in [0.5, 0.6) is 5.75 Å². The Bertz CT molecular complexity index is 822. The molecule has 0 bridgehead atoms. The van der Waals surface area contributed by atoms with Gasteiger partial charge in [0.15, 0.2) is 0 Å². The highest BCUT2D eigenvalue weighted by Gasteiger charge is 2.19. The molecule has 1 atom stereocenters. The Balaban J connectivity index is 1.71. The molecule has 2 heterocycles. The Morgan fingerprint density at radius 2 is 2.38 bits per heavy atom. The molecule has 0 saturated carbocycles. The van der Waals surface area contributed by atoms with Crippen molar-refractivity contribution >= 4 is 12.0 Å². The summed E-state index contributed by atoms with van der Waals surface area (Å²) >= 11 is 0. The van der Waals surface area contributed by atoms with Crippen molar-refractivity contribution in [2.45, 2.75) is 26.0 Å². The van der Waals surface area contributed by atoms with Crippen molar-refractivity contribution in [2.75, 3.05) is 0 Å². The Hall–Kier alpha value is -3.13. The molecular formula is C19H17N3O2. The topological polar surface area (TPSA) is 75.0 Å². The zero-order valence-corrected chi connectivity index (χ0v) is 13.3. The van der Waals surface area contributed by atoms with E-state index in [1.54, 1.807) is 24.5 Å². The third kappa shape index (κ3) is 3.61. The van der Waals surface area contributed by atoms with Crippen molar-refractivity contribution in [2.24, 2.45) is 0 Å². The maximum absolute atomic E-state index is 12.2. The molecule has 0 saturated heterocycles. The van der Waals surface area contributed by atoms with Crippen LogP contribution < -0.4 is 10.1 Å². The van der Waals surface area contributed by atoms with E-state index in [4.69, 9.17) is 4.74 Å². The third-order valence-corrected chi connectivity index (χ3v) is 3.77. The monoisotopic (exact) mass is 319 g/mol. The van der Waals surface area contributed by atoms with Crippen molar-refractivity contribution < 1.29 is 9.53 Å². The number of amides is 1. The van der Waals surface area contributed by atoms with Gasteiger partial charge in [0.05, 0.1) is 0 Å². The van der Waals surface area contributed by atoms with Gasteiger partial charge >= 0.3 is 0 Å². The summed E-state index contributed by atoms with van der Waals surface area (Å²) in [5, 5.41) is 12.0. The first kappa shape index (κ1) is 15.8. The zero-order chi connectivity index (χ0) is 16.9. The van der Waals surface area contributed by atoms with Crippen molar-refractivity contribution in [3.63, 3.8) is 0 Å². The van der Waals surface area contributed by atoms with Crippen LogP contribution in [0.4, 0.5) is 0 Å². The lowest BCUT2D eigenvalue weighted by Gasteiger charge is -2.05. The van der Waals surface area contributed by atoms with Crippen LogP contribution in [0.25, 0.3) is 6.08 Å². The number of pyridine rings is 1. The summed E-state index contributed by atoms with van der Waals surface area (Å²) in [4.78, 5) is 16.2. The van der Waals surface area contributed by atoms with Crippen LogP contribution in [-0.4, -0.2) is 17.0 Å². The molecule has 0 aliphatic carbocycles. The van der Waals surface area contributed by atoms with Crippen LogP contribution >= 0.6 is 0 Å². The quantitative estimate of drug-likeness (QED) is 0.694. The van der Waals surface area contributed by atoms with Gasteiger partial charge in [-0.1, -0.05) is 12.1 Å². The molecule has 1 amide bonds. The van der Waals surface area contributed by atoms with E-state index in [2.05, 4.69) is 10.3 Å². The second-order valence-corrected chi connectivity index (χ2v) is 5.71. The number of carbonyl (C=O) groups is 1. The fraction of sp³-hybridized carbons (Fsp3) is 0.211. The molecule has 0 fully saturated rings. The average molecular weight is 319 g/mol. The maximum atomic E-state index is 12.2.